The SMILES string of the molecule is CC(C)CNC(=O)CCn1cnc2sc3c(c2c1=O)CCC(C(C)(C)C)C3. The number of rotatable bonds is 5. The van der Waals surface area contributed by atoms with Crippen molar-refractivity contribution in [1.82, 2.24) is 14.9 Å². The summed E-state index contributed by atoms with van der Waals surface area (Å²) < 4.78 is 1.60. The minimum absolute atomic E-state index is 0.00312. The highest BCUT2D eigenvalue weighted by Crippen LogP contribution is 2.41. The molecule has 0 saturated carbocycles. The van der Waals surface area contributed by atoms with Gasteiger partial charge in [-0.3, -0.25) is 14.2 Å². The van der Waals surface area contributed by atoms with E-state index in [4.69, 9.17) is 0 Å². The largest absolute Gasteiger partial charge is 0.356 e. The number of nitrogens with one attached hydrogen (secondary N) is 1. The van der Waals surface area contributed by atoms with Gasteiger partial charge in [-0.25, -0.2) is 4.98 Å². The Morgan fingerprint density at radius 1 is 1.41 bits per heavy atom. The van der Waals surface area contributed by atoms with E-state index in [1.807, 2.05) is 0 Å². The summed E-state index contributed by atoms with van der Waals surface area (Å²) in [6.45, 7) is 12.1. The van der Waals surface area contributed by atoms with Gasteiger partial charge in [-0.05, 0) is 42.1 Å². The molecule has 3 rings (SSSR count). The van der Waals surface area contributed by atoms with E-state index in [0.717, 1.165) is 29.5 Å². The Bertz CT molecular complexity index is 889. The molecular weight excluding hydrogens is 358 g/mol. The third kappa shape index (κ3) is 4.42. The van der Waals surface area contributed by atoms with Crippen molar-refractivity contribution >= 4 is 27.5 Å². The lowest BCUT2D eigenvalue weighted by Crippen LogP contribution is -2.30. The van der Waals surface area contributed by atoms with Crippen LogP contribution in [0.3, 0.4) is 0 Å². The number of fused-ring (bicyclic) bond motifs is 3. The van der Waals surface area contributed by atoms with Gasteiger partial charge in [0.05, 0.1) is 11.7 Å². The summed E-state index contributed by atoms with van der Waals surface area (Å²) in [5.41, 5.74) is 1.49. The van der Waals surface area contributed by atoms with Crippen molar-refractivity contribution in [3.63, 3.8) is 0 Å². The molecule has 1 N–H and O–H groups in total. The summed E-state index contributed by atoms with van der Waals surface area (Å²) >= 11 is 1.67. The Morgan fingerprint density at radius 2 is 2.15 bits per heavy atom. The third-order valence-corrected chi connectivity index (χ3v) is 6.71. The second-order valence-corrected chi connectivity index (χ2v) is 10.3. The topological polar surface area (TPSA) is 64.0 Å². The van der Waals surface area contributed by atoms with E-state index in [9.17, 15) is 9.59 Å². The highest BCUT2D eigenvalue weighted by Gasteiger charge is 2.31. The van der Waals surface area contributed by atoms with E-state index in [-0.39, 0.29) is 16.9 Å². The predicted octanol–water partition coefficient (Wildman–Crippen LogP) is 3.77. The van der Waals surface area contributed by atoms with Crippen LogP contribution >= 0.6 is 11.3 Å². The number of aryl methyl sites for hydroxylation is 2. The molecule has 6 heteroatoms. The smallest absolute Gasteiger partial charge is 0.262 e. The van der Waals surface area contributed by atoms with E-state index >= 15 is 0 Å². The maximum atomic E-state index is 13.0. The lowest BCUT2D eigenvalue weighted by Gasteiger charge is -2.33. The van der Waals surface area contributed by atoms with Crippen LogP contribution in [0.1, 0.15) is 57.9 Å². The second kappa shape index (κ2) is 7.74. The van der Waals surface area contributed by atoms with E-state index < -0.39 is 0 Å². The number of hydrogen-bond acceptors (Lipinski definition) is 4. The van der Waals surface area contributed by atoms with Gasteiger partial charge in [0.15, 0.2) is 0 Å². The van der Waals surface area contributed by atoms with Crippen LogP contribution in [0.4, 0.5) is 0 Å². The molecule has 0 spiro atoms. The van der Waals surface area contributed by atoms with Crippen molar-refractivity contribution in [2.75, 3.05) is 6.54 Å². The van der Waals surface area contributed by atoms with Gasteiger partial charge in [0.25, 0.3) is 5.56 Å². The van der Waals surface area contributed by atoms with Crippen LogP contribution in [0.25, 0.3) is 10.2 Å². The molecule has 1 aliphatic rings. The summed E-state index contributed by atoms with van der Waals surface area (Å²) in [5, 5.41) is 3.68. The first-order valence-electron chi connectivity index (χ1n) is 9.93. The average Bonchev–Trinajstić information content (AvgIpc) is 2.97. The normalized spacial score (nSPS) is 17.3. The Hall–Kier alpha value is -1.69. The Kier molecular flexibility index (Phi) is 5.75. The van der Waals surface area contributed by atoms with Gasteiger partial charge in [0, 0.05) is 24.4 Å². The van der Waals surface area contributed by atoms with Crippen LogP contribution in [-0.4, -0.2) is 22.0 Å². The molecule has 0 aliphatic heterocycles. The predicted molar refractivity (Wildman–Crippen MR) is 111 cm³/mol. The zero-order chi connectivity index (χ0) is 19.8. The summed E-state index contributed by atoms with van der Waals surface area (Å²) in [7, 11) is 0. The number of thiophene rings is 1. The van der Waals surface area contributed by atoms with Crippen LogP contribution in [0.15, 0.2) is 11.1 Å². The van der Waals surface area contributed by atoms with Crippen LogP contribution in [0.2, 0.25) is 0 Å². The first-order valence-corrected chi connectivity index (χ1v) is 10.7. The molecule has 1 unspecified atom stereocenters. The van der Waals surface area contributed by atoms with E-state index in [2.05, 4.69) is 44.9 Å². The molecule has 0 bridgehead atoms. The minimum Gasteiger partial charge on any atom is -0.356 e. The van der Waals surface area contributed by atoms with Gasteiger partial charge in [-0.1, -0.05) is 34.6 Å². The van der Waals surface area contributed by atoms with Crippen molar-refractivity contribution in [2.24, 2.45) is 17.3 Å². The molecule has 0 saturated heterocycles. The quantitative estimate of drug-likeness (QED) is 0.847. The van der Waals surface area contributed by atoms with Gasteiger partial charge >= 0.3 is 0 Å². The van der Waals surface area contributed by atoms with Crippen molar-refractivity contribution in [3.8, 4) is 0 Å². The first kappa shape index (κ1) is 20.1. The molecule has 2 aromatic rings. The monoisotopic (exact) mass is 389 g/mol. The third-order valence-electron chi connectivity index (χ3n) is 5.55. The Morgan fingerprint density at radius 3 is 2.81 bits per heavy atom. The van der Waals surface area contributed by atoms with Gasteiger partial charge in [0.1, 0.15) is 4.83 Å². The fourth-order valence-electron chi connectivity index (χ4n) is 3.73. The highest BCUT2D eigenvalue weighted by molar-refractivity contribution is 7.18. The van der Waals surface area contributed by atoms with Gasteiger partial charge in [-0.2, -0.15) is 0 Å². The van der Waals surface area contributed by atoms with Crippen molar-refractivity contribution < 1.29 is 4.79 Å². The Labute approximate surface area is 165 Å². The number of hydrogen-bond donors (Lipinski definition) is 1. The fourth-order valence-corrected chi connectivity index (χ4v) is 4.99. The summed E-state index contributed by atoms with van der Waals surface area (Å²) in [6.07, 6.45) is 5.01. The zero-order valence-corrected chi connectivity index (χ0v) is 17.9. The van der Waals surface area contributed by atoms with Crippen LogP contribution < -0.4 is 10.9 Å². The summed E-state index contributed by atoms with van der Waals surface area (Å²) in [6, 6.07) is 0. The molecule has 2 aromatic heterocycles. The lowest BCUT2D eigenvalue weighted by atomic mass is 9.72. The number of carbonyl (C=O) groups is 1. The van der Waals surface area contributed by atoms with Crippen molar-refractivity contribution in [2.45, 2.75) is 66.8 Å². The fraction of sp³-hybridized carbons (Fsp3) is 0.667. The zero-order valence-electron chi connectivity index (χ0n) is 17.1. The molecule has 0 aromatic carbocycles. The van der Waals surface area contributed by atoms with Crippen molar-refractivity contribution in [3.05, 3.63) is 27.1 Å². The van der Waals surface area contributed by atoms with E-state index in [1.165, 1.54) is 10.4 Å². The number of aromatic nitrogens is 2. The highest BCUT2D eigenvalue weighted by atomic mass is 32.1. The van der Waals surface area contributed by atoms with Crippen molar-refractivity contribution in [1.29, 1.82) is 0 Å². The standard InChI is InChI=1S/C21H31N3O2S/c1-13(2)11-22-17(25)8-9-24-12-23-19-18(20(24)26)15-7-6-14(21(3,4)5)10-16(15)27-19/h12-14H,6-11H2,1-5H3,(H,22,25). The molecule has 5 nitrogen and oxygen atoms in total. The molecule has 2 heterocycles. The molecule has 0 radical (unpaired) electrons. The van der Waals surface area contributed by atoms with Crippen LogP contribution in [-0.2, 0) is 24.2 Å². The molecule has 0 fully saturated rings. The van der Waals surface area contributed by atoms with Gasteiger partial charge in [0.2, 0.25) is 5.91 Å². The maximum Gasteiger partial charge on any atom is 0.262 e. The number of amides is 1. The number of carbonyl (C=O) groups excluding carboxylic acids is 1. The minimum atomic E-state index is -0.0175. The molecule has 1 atom stereocenters. The average molecular weight is 390 g/mol. The maximum absolute atomic E-state index is 13.0. The molecule has 27 heavy (non-hydrogen) atoms. The molecule has 1 amide bonds. The number of nitrogens with zero attached hydrogens (tertiary/aromatic N) is 2. The van der Waals surface area contributed by atoms with E-state index in [0.29, 0.717) is 31.3 Å². The van der Waals surface area contributed by atoms with Gasteiger partial charge in [-0.15, -0.1) is 11.3 Å². The second-order valence-electron chi connectivity index (χ2n) is 9.18. The summed E-state index contributed by atoms with van der Waals surface area (Å²) in [5.74, 6) is 1.05. The van der Waals surface area contributed by atoms with Crippen LogP contribution in [0.5, 0.6) is 0 Å². The lowest BCUT2D eigenvalue weighted by molar-refractivity contribution is -0.121. The van der Waals surface area contributed by atoms with E-state index in [1.54, 1.807) is 22.2 Å². The molecular formula is C21H31N3O2S. The molecule has 1 aliphatic carbocycles. The van der Waals surface area contributed by atoms with Gasteiger partial charge < -0.3 is 5.32 Å². The molecule has 148 valence electrons. The summed E-state index contributed by atoms with van der Waals surface area (Å²) in [4.78, 5) is 31.7. The Balaban J connectivity index is 1.80. The first-order chi connectivity index (χ1) is 12.7. The van der Waals surface area contributed by atoms with Crippen LogP contribution in [0, 0.1) is 17.3 Å².